The van der Waals surface area contributed by atoms with Gasteiger partial charge in [0.05, 0.1) is 23.3 Å². The van der Waals surface area contributed by atoms with Crippen LogP contribution in [0, 0.1) is 0 Å². The number of ether oxygens (including phenoxy) is 1. The minimum atomic E-state index is -0.896. The van der Waals surface area contributed by atoms with Gasteiger partial charge in [0.15, 0.2) is 11.7 Å². The van der Waals surface area contributed by atoms with E-state index in [0.717, 1.165) is 0 Å². The van der Waals surface area contributed by atoms with E-state index in [4.69, 9.17) is 30.4 Å². The molecular weight excluding hydrogens is 324 g/mol. The topological polar surface area (TPSA) is 98.6 Å². The average Bonchev–Trinajstić information content (AvgIpc) is 3.15. The Balaban J connectivity index is 1.85. The Morgan fingerprint density at radius 2 is 2.30 bits per heavy atom. The van der Waals surface area contributed by atoms with E-state index < -0.39 is 12.1 Å². The van der Waals surface area contributed by atoms with Crippen molar-refractivity contribution in [1.82, 2.24) is 10.1 Å². The summed E-state index contributed by atoms with van der Waals surface area (Å²) in [4.78, 5) is 14.7. The lowest BCUT2D eigenvalue weighted by Crippen LogP contribution is -2.03. The molecule has 1 atom stereocenters. The number of hydrogen-bond donors (Lipinski definition) is 1. The van der Waals surface area contributed by atoms with Crippen LogP contribution in [-0.4, -0.2) is 21.2 Å². The number of hydrogen-bond acceptors (Lipinski definition) is 6. The summed E-state index contributed by atoms with van der Waals surface area (Å²) < 4.78 is 16.1. The second-order valence-electron chi connectivity index (χ2n) is 4.93. The number of aliphatic carboxylic acids is 1. The molecule has 1 unspecified atom stereocenters. The Hall–Kier alpha value is -2.54. The van der Waals surface area contributed by atoms with Crippen LogP contribution in [-0.2, 0) is 11.2 Å². The molecule has 1 N–H and O–H groups in total. The van der Waals surface area contributed by atoms with E-state index >= 15 is 0 Å². The third-order valence-electron chi connectivity index (χ3n) is 3.28. The fourth-order valence-electron chi connectivity index (χ4n) is 2.16. The first kappa shape index (κ1) is 15.4. The van der Waals surface area contributed by atoms with Gasteiger partial charge in [0.1, 0.15) is 12.0 Å². The minimum Gasteiger partial charge on any atom is -0.481 e. The summed E-state index contributed by atoms with van der Waals surface area (Å²) in [6, 6.07) is 3.27. The highest BCUT2D eigenvalue weighted by molar-refractivity contribution is 6.32. The number of carboxylic acid groups (broad SMARTS) is 1. The number of benzene rings is 1. The van der Waals surface area contributed by atoms with Crippen LogP contribution in [0.4, 0.5) is 0 Å². The number of halogens is 1. The summed E-state index contributed by atoms with van der Waals surface area (Å²) in [6.07, 6.45) is 2.81. The average molecular weight is 337 g/mol. The summed E-state index contributed by atoms with van der Waals surface area (Å²) in [5.74, 6) is -0.0568. The van der Waals surface area contributed by atoms with Crippen molar-refractivity contribution in [3.8, 4) is 5.75 Å². The van der Waals surface area contributed by atoms with E-state index in [-0.39, 0.29) is 12.8 Å². The molecule has 0 aliphatic carbocycles. The highest BCUT2D eigenvalue weighted by Gasteiger charge is 2.17. The zero-order valence-electron chi connectivity index (χ0n) is 12.2. The molecule has 7 nitrogen and oxygen atoms in total. The Bertz CT molecular complexity index is 828. The van der Waals surface area contributed by atoms with E-state index in [1.807, 2.05) is 0 Å². The van der Waals surface area contributed by atoms with Gasteiger partial charge in [0, 0.05) is 17.9 Å². The molecule has 0 spiro atoms. The van der Waals surface area contributed by atoms with Crippen LogP contribution in [0.15, 0.2) is 33.5 Å². The molecule has 0 saturated heterocycles. The lowest BCUT2D eigenvalue weighted by atomic mass is 10.1. The van der Waals surface area contributed by atoms with Crippen molar-refractivity contribution in [3.63, 3.8) is 0 Å². The molecular formula is C15H13ClN2O5. The van der Waals surface area contributed by atoms with Gasteiger partial charge in [-0.25, -0.2) is 4.98 Å². The van der Waals surface area contributed by atoms with Gasteiger partial charge in [0.25, 0.3) is 0 Å². The zero-order valence-corrected chi connectivity index (χ0v) is 12.9. The van der Waals surface area contributed by atoms with E-state index in [2.05, 4.69) is 10.1 Å². The molecule has 0 radical (unpaired) electrons. The Labute approximate surface area is 135 Å². The van der Waals surface area contributed by atoms with Crippen molar-refractivity contribution in [2.45, 2.75) is 25.9 Å². The monoisotopic (exact) mass is 336 g/mol. The maximum absolute atomic E-state index is 10.7. The van der Waals surface area contributed by atoms with E-state index in [0.29, 0.717) is 33.3 Å². The van der Waals surface area contributed by atoms with Crippen molar-refractivity contribution < 1.29 is 23.6 Å². The van der Waals surface area contributed by atoms with Gasteiger partial charge in [-0.1, -0.05) is 16.8 Å². The first-order chi connectivity index (χ1) is 11.0. The number of carbonyl (C=O) groups is 1. The van der Waals surface area contributed by atoms with Crippen LogP contribution < -0.4 is 4.74 Å². The predicted octanol–water partition coefficient (Wildman–Crippen LogP) is 3.63. The second kappa shape index (κ2) is 6.29. The standard InChI is InChI=1S/C15H13ClN2O5/c1-8(15-17-4-5-21-15)22-13-7-12-9(6-10(13)16)11(18-23-12)2-3-14(19)20/h4-8H,2-3H2,1H3,(H,19,20). The number of aryl methyl sites for hydroxylation is 1. The Morgan fingerprint density at radius 3 is 3.00 bits per heavy atom. The largest absolute Gasteiger partial charge is 0.481 e. The minimum absolute atomic E-state index is 0.0291. The van der Waals surface area contributed by atoms with E-state index in [9.17, 15) is 4.79 Å². The lowest BCUT2D eigenvalue weighted by molar-refractivity contribution is -0.136. The van der Waals surface area contributed by atoms with Gasteiger partial charge in [-0.15, -0.1) is 0 Å². The third kappa shape index (κ3) is 3.29. The normalized spacial score (nSPS) is 12.4. The predicted molar refractivity (Wildman–Crippen MR) is 80.5 cm³/mol. The first-order valence-electron chi connectivity index (χ1n) is 6.90. The first-order valence-corrected chi connectivity index (χ1v) is 7.28. The molecule has 3 aromatic rings. The summed E-state index contributed by atoms with van der Waals surface area (Å²) in [5.41, 5.74) is 1.03. The molecule has 8 heteroatoms. The molecule has 1 aromatic carbocycles. The van der Waals surface area contributed by atoms with Crippen LogP contribution in [0.1, 0.15) is 31.0 Å². The number of rotatable bonds is 6. The Kier molecular flexibility index (Phi) is 4.20. The van der Waals surface area contributed by atoms with Crippen molar-refractivity contribution >= 4 is 28.5 Å². The maximum Gasteiger partial charge on any atom is 0.303 e. The number of nitrogens with zero attached hydrogens (tertiary/aromatic N) is 2. The quantitative estimate of drug-likeness (QED) is 0.733. The number of carboxylic acids is 1. The molecule has 0 aliphatic rings. The molecule has 3 rings (SSSR count). The van der Waals surface area contributed by atoms with Gasteiger partial charge < -0.3 is 18.8 Å². The molecule has 0 amide bonds. The zero-order chi connectivity index (χ0) is 16.4. The highest BCUT2D eigenvalue weighted by atomic mass is 35.5. The highest BCUT2D eigenvalue weighted by Crippen LogP contribution is 2.34. The van der Waals surface area contributed by atoms with Crippen molar-refractivity contribution in [1.29, 1.82) is 0 Å². The maximum atomic E-state index is 10.7. The lowest BCUT2D eigenvalue weighted by Gasteiger charge is -2.12. The molecule has 0 fully saturated rings. The van der Waals surface area contributed by atoms with Gasteiger partial charge in [-0.2, -0.15) is 0 Å². The summed E-state index contributed by atoms with van der Waals surface area (Å²) in [5, 5.41) is 13.7. The van der Waals surface area contributed by atoms with Crippen molar-refractivity contribution in [2.24, 2.45) is 0 Å². The summed E-state index contributed by atoms with van der Waals surface area (Å²) in [7, 11) is 0. The van der Waals surface area contributed by atoms with Crippen LogP contribution in [0.2, 0.25) is 5.02 Å². The van der Waals surface area contributed by atoms with E-state index in [1.54, 1.807) is 19.1 Å². The van der Waals surface area contributed by atoms with Gasteiger partial charge in [0.2, 0.25) is 5.89 Å². The summed E-state index contributed by atoms with van der Waals surface area (Å²) >= 11 is 6.24. The molecule has 0 aliphatic heterocycles. The van der Waals surface area contributed by atoms with Gasteiger partial charge in [-0.05, 0) is 13.0 Å². The van der Waals surface area contributed by atoms with Crippen LogP contribution in [0.5, 0.6) is 5.75 Å². The molecule has 23 heavy (non-hydrogen) atoms. The smallest absolute Gasteiger partial charge is 0.303 e. The number of fused-ring (bicyclic) bond motifs is 1. The molecule has 0 bridgehead atoms. The molecule has 2 aromatic heterocycles. The van der Waals surface area contributed by atoms with Crippen LogP contribution >= 0.6 is 11.6 Å². The molecule has 120 valence electrons. The Morgan fingerprint density at radius 1 is 1.48 bits per heavy atom. The fourth-order valence-corrected chi connectivity index (χ4v) is 2.37. The second-order valence-corrected chi connectivity index (χ2v) is 5.34. The fraction of sp³-hybridized carbons (Fsp3) is 0.267. The summed E-state index contributed by atoms with van der Waals surface area (Å²) in [6.45, 7) is 1.78. The number of oxazole rings is 1. The third-order valence-corrected chi connectivity index (χ3v) is 3.57. The van der Waals surface area contributed by atoms with Crippen molar-refractivity contribution in [3.05, 3.63) is 41.2 Å². The van der Waals surface area contributed by atoms with Gasteiger partial charge >= 0.3 is 5.97 Å². The van der Waals surface area contributed by atoms with Crippen LogP contribution in [0.3, 0.4) is 0 Å². The number of aromatic nitrogens is 2. The molecule has 2 heterocycles. The SMILES string of the molecule is CC(Oc1cc2onc(CCC(=O)O)c2cc1Cl)c1ncco1. The van der Waals surface area contributed by atoms with Crippen molar-refractivity contribution in [2.75, 3.05) is 0 Å². The molecule has 0 saturated carbocycles. The van der Waals surface area contributed by atoms with Gasteiger partial charge in [-0.3, -0.25) is 4.79 Å². The van der Waals surface area contributed by atoms with Crippen LogP contribution in [0.25, 0.3) is 11.0 Å². The van der Waals surface area contributed by atoms with E-state index in [1.165, 1.54) is 12.5 Å².